The molecule has 0 saturated carbocycles. The standard InChI is InChI=1S/C26H21ClN2O6S/c1-12-9-16-10-15(7-8-18(16)35-12)21(30)19-20(14-5-4-6-17(27)11-14)29(24(32)22(19)31)26-28-13(2)23(36-26)25(33)34-3/h4-8,10-12,20,30H,9H2,1-3H3/t12-,20-/m1/s1. The van der Waals surface area contributed by atoms with Gasteiger partial charge in [-0.1, -0.05) is 35.1 Å². The number of aryl methyl sites for hydroxylation is 1. The summed E-state index contributed by atoms with van der Waals surface area (Å²) in [6.45, 7) is 3.56. The molecule has 0 bridgehead atoms. The van der Waals surface area contributed by atoms with E-state index in [1.54, 1.807) is 49.4 Å². The summed E-state index contributed by atoms with van der Waals surface area (Å²) in [4.78, 5) is 44.7. The predicted molar refractivity (Wildman–Crippen MR) is 135 cm³/mol. The molecule has 0 unspecified atom stereocenters. The Morgan fingerprint density at radius 2 is 2.03 bits per heavy atom. The number of Topliss-reactive ketones (excluding diaryl/α,β-unsaturated/α-hetero) is 1. The molecule has 36 heavy (non-hydrogen) atoms. The largest absolute Gasteiger partial charge is 0.507 e. The third-order valence-corrected chi connectivity index (χ3v) is 7.51. The second-order valence-corrected chi connectivity index (χ2v) is 10.00. The fourth-order valence-electron chi connectivity index (χ4n) is 4.51. The molecule has 1 saturated heterocycles. The van der Waals surface area contributed by atoms with Crippen LogP contribution in [0.5, 0.6) is 5.75 Å². The maximum Gasteiger partial charge on any atom is 0.350 e. The Bertz CT molecular complexity index is 1460. The molecule has 2 aliphatic heterocycles. The predicted octanol–water partition coefficient (Wildman–Crippen LogP) is 4.84. The number of fused-ring (bicyclic) bond motifs is 1. The van der Waals surface area contributed by atoms with Crippen LogP contribution in [0.25, 0.3) is 5.76 Å². The molecule has 3 aromatic rings. The molecule has 10 heteroatoms. The van der Waals surface area contributed by atoms with Crippen LogP contribution in [0.15, 0.2) is 48.0 Å². The molecule has 3 heterocycles. The van der Waals surface area contributed by atoms with Gasteiger partial charge in [-0.25, -0.2) is 9.78 Å². The lowest BCUT2D eigenvalue weighted by Crippen LogP contribution is -2.29. The number of esters is 1. The number of aromatic nitrogens is 1. The molecule has 8 nitrogen and oxygen atoms in total. The summed E-state index contributed by atoms with van der Waals surface area (Å²) in [5.41, 5.74) is 2.07. The molecule has 0 radical (unpaired) electrons. The number of ether oxygens (including phenoxy) is 2. The van der Waals surface area contributed by atoms with E-state index in [9.17, 15) is 19.5 Å². The number of halogens is 1. The molecule has 184 valence electrons. The van der Waals surface area contributed by atoms with Crippen molar-refractivity contribution in [3.05, 3.63) is 80.3 Å². The molecule has 0 aliphatic carbocycles. The number of benzene rings is 2. The maximum absolute atomic E-state index is 13.4. The van der Waals surface area contributed by atoms with Gasteiger partial charge in [0.25, 0.3) is 5.78 Å². The molecule has 1 aromatic heterocycles. The molecule has 1 N–H and O–H groups in total. The SMILES string of the molecule is COC(=O)c1sc(N2C(=O)C(=O)C(=C(O)c3ccc4c(c3)C[C@@H](C)O4)[C@H]2c2cccc(Cl)c2)nc1C. The molecule has 5 rings (SSSR count). The zero-order chi connectivity index (χ0) is 25.7. The summed E-state index contributed by atoms with van der Waals surface area (Å²) < 4.78 is 10.6. The van der Waals surface area contributed by atoms with Crippen molar-refractivity contribution in [2.24, 2.45) is 0 Å². The van der Waals surface area contributed by atoms with Gasteiger partial charge in [0.1, 0.15) is 22.5 Å². The highest BCUT2D eigenvalue weighted by molar-refractivity contribution is 7.17. The summed E-state index contributed by atoms with van der Waals surface area (Å²) in [5.74, 6) is -1.93. The Morgan fingerprint density at radius 3 is 2.75 bits per heavy atom. The second-order valence-electron chi connectivity index (χ2n) is 8.58. The number of aliphatic hydroxyl groups is 1. The molecule has 2 aromatic carbocycles. The van der Waals surface area contributed by atoms with Crippen molar-refractivity contribution in [2.75, 3.05) is 12.0 Å². The van der Waals surface area contributed by atoms with Crippen LogP contribution >= 0.6 is 22.9 Å². The average Bonchev–Trinajstić information content (AvgIpc) is 3.50. The van der Waals surface area contributed by atoms with Crippen LogP contribution in [0, 0.1) is 6.92 Å². The molecular formula is C26H21ClN2O6S. The van der Waals surface area contributed by atoms with Crippen molar-refractivity contribution in [1.82, 2.24) is 4.98 Å². The van der Waals surface area contributed by atoms with Crippen LogP contribution in [-0.4, -0.2) is 41.0 Å². The average molecular weight is 525 g/mol. The lowest BCUT2D eigenvalue weighted by Gasteiger charge is -2.23. The molecule has 2 aliphatic rings. The van der Waals surface area contributed by atoms with E-state index in [0.29, 0.717) is 28.3 Å². The third kappa shape index (κ3) is 3.94. The first-order chi connectivity index (χ1) is 17.2. The quantitative estimate of drug-likeness (QED) is 0.225. The monoisotopic (exact) mass is 524 g/mol. The number of thiazole rings is 1. The number of methoxy groups -OCH3 is 1. The summed E-state index contributed by atoms with van der Waals surface area (Å²) in [6.07, 6.45) is 0.670. The van der Waals surface area contributed by atoms with E-state index in [1.165, 1.54) is 12.0 Å². The topological polar surface area (TPSA) is 106 Å². The van der Waals surface area contributed by atoms with Crippen LogP contribution in [0.3, 0.4) is 0 Å². The van der Waals surface area contributed by atoms with E-state index in [0.717, 1.165) is 22.6 Å². The van der Waals surface area contributed by atoms with Crippen LogP contribution in [0.4, 0.5) is 5.13 Å². The van der Waals surface area contributed by atoms with Gasteiger partial charge in [-0.2, -0.15) is 0 Å². The van der Waals surface area contributed by atoms with E-state index in [-0.39, 0.29) is 27.4 Å². The van der Waals surface area contributed by atoms with E-state index < -0.39 is 23.7 Å². The van der Waals surface area contributed by atoms with Crippen molar-refractivity contribution in [3.63, 3.8) is 0 Å². The number of hydrogen-bond donors (Lipinski definition) is 1. The third-order valence-electron chi connectivity index (χ3n) is 6.14. The number of carbonyl (C=O) groups is 3. The number of ketones is 1. The van der Waals surface area contributed by atoms with Gasteiger partial charge in [0.2, 0.25) is 0 Å². The normalized spacial score (nSPS) is 20.4. The molecule has 2 atom stereocenters. The first-order valence-electron chi connectivity index (χ1n) is 11.1. The van der Waals surface area contributed by atoms with Crippen LogP contribution in [0.2, 0.25) is 5.02 Å². The summed E-state index contributed by atoms with van der Waals surface area (Å²) in [7, 11) is 1.25. The summed E-state index contributed by atoms with van der Waals surface area (Å²) >= 11 is 7.18. The van der Waals surface area contributed by atoms with Gasteiger partial charge in [-0.05, 0) is 55.3 Å². The Labute approximate surface area is 215 Å². The smallest absolute Gasteiger partial charge is 0.350 e. The van der Waals surface area contributed by atoms with Crippen molar-refractivity contribution in [1.29, 1.82) is 0 Å². The van der Waals surface area contributed by atoms with E-state index in [1.807, 2.05) is 6.92 Å². The van der Waals surface area contributed by atoms with Crippen LogP contribution in [-0.2, 0) is 20.7 Å². The Kier molecular flexibility index (Phi) is 6.05. The fourth-order valence-corrected chi connectivity index (χ4v) is 5.72. The number of amides is 1. The van der Waals surface area contributed by atoms with Gasteiger partial charge in [-0.15, -0.1) is 0 Å². The highest BCUT2D eigenvalue weighted by Crippen LogP contribution is 2.44. The second kappa shape index (κ2) is 9.07. The highest BCUT2D eigenvalue weighted by Gasteiger charge is 2.48. The van der Waals surface area contributed by atoms with Crippen molar-refractivity contribution < 1.29 is 29.0 Å². The molecular weight excluding hydrogens is 504 g/mol. The number of rotatable bonds is 4. The maximum atomic E-state index is 13.4. The Morgan fingerprint density at radius 1 is 1.25 bits per heavy atom. The fraction of sp³-hybridized carbons (Fsp3) is 0.231. The van der Waals surface area contributed by atoms with Gasteiger partial charge in [-0.3, -0.25) is 14.5 Å². The van der Waals surface area contributed by atoms with E-state index in [2.05, 4.69) is 4.98 Å². The van der Waals surface area contributed by atoms with Crippen LogP contribution < -0.4 is 9.64 Å². The Hall–Kier alpha value is -3.69. The zero-order valence-corrected chi connectivity index (χ0v) is 21.1. The molecule has 1 fully saturated rings. The van der Waals surface area contributed by atoms with Crippen molar-refractivity contribution in [2.45, 2.75) is 32.4 Å². The number of aliphatic hydroxyl groups excluding tert-OH is 1. The lowest BCUT2D eigenvalue weighted by atomic mass is 9.94. The van der Waals surface area contributed by atoms with Gasteiger partial charge in [0, 0.05) is 17.0 Å². The number of anilines is 1. The highest BCUT2D eigenvalue weighted by atomic mass is 35.5. The minimum atomic E-state index is -1.01. The van der Waals surface area contributed by atoms with Crippen molar-refractivity contribution in [3.8, 4) is 5.75 Å². The van der Waals surface area contributed by atoms with Gasteiger partial charge >= 0.3 is 11.9 Å². The zero-order valence-electron chi connectivity index (χ0n) is 19.6. The number of hydrogen-bond acceptors (Lipinski definition) is 8. The molecule has 1 amide bonds. The van der Waals surface area contributed by atoms with Gasteiger partial charge in [0.05, 0.1) is 24.4 Å². The number of carbonyl (C=O) groups excluding carboxylic acids is 3. The Balaban J connectivity index is 1.69. The summed E-state index contributed by atoms with van der Waals surface area (Å²) in [6, 6.07) is 10.8. The van der Waals surface area contributed by atoms with E-state index >= 15 is 0 Å². The lowest BCUT2D eigenvalue weighted by molar-refractivity contribution is -0.132. The first-order valence-corrected chi connectivity index (χ1v) is 12.3. The number of nitrogens with zero attached hydrogens (tertiary/aromatic N) is 2. The minimum Gasteiger partial charge on any atom is -0.507 e. The van der Waals surface area contributed by atoms with Gasteiger partial charge in [0.15, 0.2) is 5.13 Å². The molecule has 0 spiro atoms. The van der Waals surface area contributed by atoms with Gasteiger partial charge < -0.3 is 14.6 Å². The first kappa shape index (κ1) is 24.0. The van der Waals surface area contributed by atoms with E-state index in [4.69, 9.17) is 21.1 Å². The summed E-state index contributed by atoms with van der Waals surface area (Å²) in [5, 5.41) is 11.9. The van der Waals surface area contributed by atoms with Crippen molar-refractivity contribution >= 4 is 51.5 Å². The minimum absolute atomic E-state index is 0.00610. The van der Waals surface area contributed by atoms with Crippen LogP contribution in [0.1, 0.15) is 45.0 Å².